The van der Waals surface area contributed by atoms with Gasteiger partial charge in [0.05, 0.1) is 5.56 Å². The summed E-state index contributed by atoms with van der Waals surface area (Å²) in [5, 5.41) is 5.01. The van der Waals surface area contributed by atoms with Gasteiger partial charge < -0.3 is 10.2 Å². The van der Waals surface area contributed by atoms with Crippen LogP contribution in [0.1, 0.15) is 23.2 Å². The number of anilines is 1. The Kier molecular flexibility index (Phi) is 2.85. The van der Waals surface area contributed by atoms with Gasteiger partial charge in [0.25, 0.3) is 5.91 Å². The molecule has 1 aliphatic carbocycles. The maximum Gasteiger partial charge on any atom is 0.256 e. The van der Waals surface area contributed by atoms with Crippen molar-refractivity contribution in [2.75, 3.05) is 19.4 Å². The van der Waals surface area contributed by atoms with Crippen LogP contribution in [0.2, 0.25) is 0 Å². The first kappa shape index (κ1) is 12.0. The van der Waals surface area contributed by atoms with Gasteiger partial charge in [0, 0.05) is 31.7 Å². The molecule has 0 aliphatic heterocycles. The summed E-state index contributed by atoms with van der Waals surface area (Å²) in [6.07, 6.45) is 3.90. The van der Waals surface area contributed by atoms with Crippen molar-refractivity contribution in [1.29, 1.82) is 0 Å². The highest BCUT2D eigenvalue weighted by atomic mass is 16.2. The Morgan fingerprint density at radius 3 is 2.63 bits per heavy atom. The summed E-state index contributed by atoms with van der Waals surface area (Å²) in [4.78, 5) is 18.7. The minimum atomic E-state index is 0.0638. The van der Waals surface area contributed by atoms with Crippen molar-refractivity contribution in [3.63, 3.8) is 0 Å². The van der Waals surface area contributed by atoms with Crippen LogP contribution in [0.5, 0.6) is 0 Å². The van der Waals surface area contributed by atoms with E-state index in [0.29, 0.717) is 11.6 Å². The van der Waals surface area contributed by atoms with E-state index in [1.807, 2.05) is 43.3 Å². The molecule has 0 spiro atoms. The van der Waals surface area contributed by atoms with E-state index in [2.05, 4.69) is 10.3 Å². The van der Waals surface area contributed by atoms with Gasteiger partial charge in [-0.15, -0.1) is 0 Å². The van der Waals surface area contributed by atoms with E-state index in [9.17, 15) is 4.79 Å². The number of benzene rings is 1. The quantitative estimate of drug-likeness (QED) is 0.916. The van der Waals surface area contributed by atoms with Crippen LogP contribution >= 0.6 is 0 Å². The average Bonchev–Trinajstić information content (AvgIpc) is 3.29. The van der Waals surface area contributed by atoms with Gasteiger partial charge in [0.15, 0.2) is 0 Å². The number of carbonyl (C=O) groups excluding carboxylic acids is 1. The normalized spacial score (nSPS) is 14.4. The molecule has 1 heterocycles. The molecule has 0 saturated heterocycles. The second kappa shape index (κ2) is 4.53. The average molecular weight is 255 g/mol. The molecule has 0 bridgehead atoms. The third kappa shape index (κ3) is 2.03. The van der Waals surface area contributed by atoms with E-state index in [1.54, 1.807) is 6.20 Å². The van der Waals surface area contributed by atoms with E-state index < -0.39 is 0 Å². The second-order valence-corrected chi connectivity index (χ2v) is 4.96. The zero-order valence-electron chi connectivity index (χ0n) is 11.2. The molecular weight excluding hydrogens is 238 g/mol. The number of nitrogens with one attached hydrogen (secondary N) is 1. The SMILES string of the molecule is CNc1ncc(C(=O)N(C)C2CC2)c2ccccc12. The van der Waals surface area contributed by atoms with Crippen LogP contribution < -0.4 is 5.32 Å². The van der Waals surface area contributed by atoms with Crippen LogP contribution in [0.15, 0.2) is 30.5 Å². The topological polar surface area (TPSA) is 45.2 Å². The van der Waals surface area contributed by atoms with Gasteiger partial charge in [-0.05, 0) is 18.2 Å². The fourth-order valence-corrected chi connectivity index (χ4v) is 2.38. The van der Waals surface area contributed by atoms with E-state index in [0.717, 1.165) is 29.4 Å². The lowest BCUT2D eigenvalue weighted by Crippen LogP contribution is -2.29. The lowest BCUT2D eigenvalue weighted by molar-refractivity contribution is 0.0786. The van der Waals surface area contributed by atoms with Gasteiger partial charge in [-0.1, -0.05) is 24.3 Å². The molecule has 2 aromatic rings. The van der Waals surface area contributed by atoms with Gasteiger partial charge in [0.2, 0.25) is 0 Å². The summed E-state index contributed by atoms with van der Waals surface area (Å²) in [6.45, 7) is 0. The molecule has 98 valence electrons. The molecule has 1 aromatic heterocycles. The Morgan fingerprint density at radius 2 is 2.00 bits per heavy atom. The maximum absolute atomic E-state index is 12.5. The minimum Gasteiger partial charge on any atom is -0.373 e. The van der Waals surface area contributed by atoms with Crippen LogP contribution in [0.4, 0.5) is 5.82 Å². The molecule has 1 saturated carbocycles. The molecule has 0 atom stereocenters. The van der Waals surface area contributed by atoms with Gasteiger partial charge in [-0.25, -0.2) is 4.98 Å². The van der Waals surface area contributed by atoms with Crippen LogP contribution in [0, 0.1) is 0 Å². The number of hydrogen-bond acceptors (Lipinski definition) is 3. The highest BCUT2D eigenvalue weighted by Crippen LogP contribution is 2.29. The number of amides is 1. The number of rotatable bonds is 3. The van der Waals surface area contributed by atoms with E-state index >= 15 is 0 Å². The summed E-state index contributed by atoms with van der Waals surface area (Å²) >= 11 is 0. The first-order valence-corrected chi connectivity index (χ1v) is 6.55. The molecular formula is C15H17N3O. The molecule has 1 amide bonds. The van der Waals surface area contributed by atoms with Gasteiger partial charge in [0.1, 0.15) is 5.82 Å². The number of carbonyl (C=O) groups is 1. The summed E-state index contributed by atoms with van der Waals surface area (Å²) in [5.74, 6) is 0.870. The van der Waals surface area contributed by atoms with Gasteiger partial charge in [-0.2, -0.15) is 0 Å². The Balaban J connectivity index is 2.11. The molecule has 3 rings (SSSR count). The van der Waals surface area contributed by atoms with E-state index in [4.69, 9.17) is 0 Å². The van der Waals surface area contributed by atoms with Crippen molar-refractivity contribution in [2.24, 2.45) is 0 Å². The second-order valence-electron chi connectivity index (χ2n) is 4.96. The minimum absolute atomic E-state index is 0.0638. The summed E-state index contributed by atoms with van der Waals surface area (Å²) in [5.41, 5.74) is 0.684. The van der Waals surface area contributed by atoms with Crippen LogP contribution in [-0.4, -0.2) is 35.9 Å². The van der Waals surface area contributed by atoms with Crippen molar-refractivity contribution in [3.05, 3.63) is 36.0 Å². The fourth-order valence-electron chi connectivity index (χ4n) is 2.38. The van der Waals surface area contributed by atoms with Crippen LogP contribution in [0.25, 0.3) is 10.8 Å². The highest BCUT2D eigenvalue weighted by molar-refractivity contribution is 6.09. The van der Waals surface area contributed by atoms with Crippen molar-refractivity contribution in [2.45, 2.75) is 18.9 Å². The molecule has 4 heteroatoms. The molecule has 1 fully saturated rings. The summed E-state index contributed by atoms with van der Waals surface area (Å²) in [6, 6.07) is 8.29. The van der Waals surface area contributed by atoms with E-state index in [1.165, 1.54) is 0 Å². The molecule has 0 radical (unpaired) electrons. The highest BCUT2D eigenvalue weighted by Gasteiger charge is 2.30. The standard InChI is InChI=1S/C15H17N3O/c1-16-14-12-6-4-3-5-11(12)13(9-17-14)15(19)18(2)10-7-8-10/h3-6,9-10H,7-8H2,1-2H3,(H,16,17). The number of pyridine rings is 1. The fraction of sp³-hybridized carbons (Fsp3) is 0.333. The largest absolute Gasteiger partial charge is 0.373 e. The van der Waals surface area contributed by atoms with Gasteiger partial charge in [-0.3, -0.25) is 4.79 Å². The molecule has 1 aromatic carbocycles. The van der Waals surface area contributed by atoms with Crippen molar-refractivity contribution >= 4 is 22.5 Å². The first-order valence-electron chi connectivity index (χ1n) is 6.55. The lowest BCUT2D eigenvalue weighted by Gasteiger charge is -2.18. The van der Waals surface area contributed by atoms with Crippen LogP contribution in [-0.2, 0) is 0 Å². The molecule has 19 heavy (non-hydrogen) atoms. The third-order valence-corrected chi connectivity index (χ3v) is 3.68. The van der Waals surface area contributed by atoms with Crippen molar-refractivity contribution in [1.82, 2.24) is 9.88 Å². The third-order valence-electron chi connectivity index (χ3n) is 3.68. The number of nitrogens with zero attached hydrogens (tertiary/aromatic N) is 2. The summed E-state index contributed by atoms with van der Waals surface area (Å²) in [7, 11) is 3.72. The van der Waals surface area contributed by atoms with Crippen molar-refractivity contribution in [3.8, 4) is 0 Å². The zero-order chi connectivity index (χ0) is 13.4. The Morgan fingerprint density at radius 1 is 1.32 bits per heavy atom. The first-order chi connectivity index (χ1) is 9.22. The monoisotopic (exact) mass is 255 g/mol. The lowest BCUT2D eigenvalue weighted by atomic mass is 10.1. The Hall–Kier alpha value is -2.10. The Labute approximate surface area is 112 Å². The molecule has 4 nitrogen and oxygen atoms in total. The summed E-state index contributed by atoms with van der Waals surface area (Å²) < 4.78 is 0. The predicted molar refractivity (Wildman–Crippen MR) is 76.4 cm³/mol. The maximum atomic E-state index is 12.5. The van der Waals surface area contributed by atoms with Crippen LogP contribution in [0.3, 0.4) is 0 Å². The Bertz CT molecular complexity index is 634. The van der Waals surface area contributed by atoms with Gasteiger partial charge >= 0.3 is 0 Å². The number of aromatic nitrogens is 1. The smallest absolute Gasteiger partial charge is 0.256 e. The van der Waals surface area contributed by atoms with Crippen molar-refractivity contribution < 1.29 is 4.79 Å². The number of hydrogen-bond donors (Lipinski definition) is 1. The number of fused-ring (bicyclic) bond motifs is 1. The predicted octanol–water partition coefficient (Wildman–Crippen LogP) is 2.51. The van der Waals surface area contributed by atoms with E-state index in [-0.39, 0.29) is 5.91 Å². The zero-order valence-corrected chi connectivity index (χ0v) is 11.2. The molecule has 1 N–H and O–H groups in total. The molecule has 0 unspecified atom stereocenters. The molecule has 1 aliphatic rings.